The summed E-state index contributed by atoms with van der Waals surface area (Å²) in [5, 5.41) is 0. The number of rotatable bonds is 6. The molecule has 6 nitrogen and oxygen atoms in total. The van der Waals surface area contributed by atoms with Gasteiger partial charge < -0.3 is 20.1 Å². The number of hydrogen-bond donors (Lipinski definition) is 1. The first-order chi connectivity index (χ1) is 9.53. The van der Waals surface area contributed by atoms with E-state index in [4.69, 9.17) is 15.2 Å². The van der Waals surface area contributed by atoms with E-state index in [-0.39, 0.29) is 19.1 Å². The van der Waals surface area contributed by atoms with E-state index in [0.717, 1.165) is 0 Å². The van der Waals surface area contributed by atoms with Crippen LogP contribution >= 0.6 is 0 Å². The van der Waals surface area contributed by atoms with Gasteiger partial charge in [-0.1, -0.05) is 0 Å². The number of methoxy groups -OCH3 is 1. The number of carbonyl (C=O) groups excluding carboxylic acids is 2. The van der Waals surface area contributed by atoms with Crippen LogP contribution in [0.4, 0.5) is 5.69 Å². The van der Waals surface area contributed by atoms with E-state index in [9.17, 15) is 9.59 Å². The third-order valence-corrected chi connectivity index (χ3v) is 2.75. The molecule has 0 heterocycles. The topological polar surface area (TPSA) is 81.9 Å². The highest BCUT2D eigenvalue weighted by Gasteiger charge is 2.21. The summed E-state index contributed by atoms with van der Waals surface area (Å²) in [7, 11) is 1.47. The quantitative estimate of drug-likeness (QED) is 0.627. The van der Waals surface area contributed by atoms with Crippen LogP contribution in [0, 0.1) is 0 Å². The summed E-state index contributed by atoms with van der Waals surface area (Å²) in [6, 6.07) is 4.78. The molecule has 0 saturated heterocycles. The number of nitrogens with two attached hydrogens (primary N) is 1. The lowest BCUT2D eigenvalue weighted by Crippen LogP contribution is -2.36. The van der Waals surface area contributed by atoms with Crippen LogP contribution in [0.5, 0.6) is 5.75 Å². The Kier molecular flexibility index (Phi) is 5.83. The number of ether oxygens (including phenoxy) is 2. The monoisotopic (exact) mass is 280 g/mol. The molecule has 1 aromatic rings. The van der Waals surface area contributed by atoms with Crippen molar-refractivity contribution < 1.29 is 19.1 Å². The van der Waals surface area contributed by atoms with Crippen molar-refractivity contribution in [1.82, 2.24) is 4.90 Å². The maximum atomic E-state index is 12.4. The average Bonchev–Trinajstić information content (AvgIpc) is 2.44. The van der Waals surface area contributed by atoms with Gasteiger partial charge in [-0.2, -0.15) is 0 Å². The van der Waals surface area contributed by atoms with Gasteiger partial charge in [0.05, 0.1) is 19.3 Å². The Morgan fingerprint density at radius 1 is 1.30 bits per heavy atom. The van der Waals surface area contributed by atoms with E-state index in [1.54, 1.807) is 32.0 Å². The third-order valence-electron chi connectivity index (χ3n) is 2.75. The zero-order chi connectivity index (χ0) is 15.1. The minimum atomic E-state index is -0.433. The first kappa shape index (κ1) is 15.8. The first-order valence-electron chi connectivity index (χ1n) is 6.41. The predicted octanol–water partition coefficient (Wildman–Crippen LogP) is 1.30. The molecule has 2 N–H and O–H groups in total. The number of likely N-dealkylation sites (N-methyl/N-ethyl adjacent to an activating group) is 1. The number of esters is 1. The van der Waals surface area contributed by atoms with E-state index in [2.05, 4.69) is 0 Å². The Hall–Kier alpha value is -2.24. The molecule has 0 atom stereocenters. The predicted molar refractivity (Wildman–Crippen MR) is 75.6 cm³/mol. The fourth-order valence-corrected chi connectivity index (χ4v) is 1.74. The van der Waals surface area contributed by atoms with Gasteiger partial charge in [-0.3, -0.25) is 9.59 Å². The van der Waals surface area contributed by atoms with Crippen LogP contribution in [0.2, 0.25) is 0 Å². The highest BCUT2D eigenvalue weighted by Crippen LogP contribution is 2.23. The third kappa shape index (κ3) is 3.88. The molecule has 110 valence electrons. The summed E-state index contributed by atoms with van der Waals surface area (Å²) in [4.78, 5) is 25.3. The van der Waals surface area contributed by atoms with Gasteiger partial charge in [0, 0.05) is 18.3 Å². The van der Waals surface area contributed by atoms with Crippen LogP contribution in [-0.2, 0) is 9.53 Å². The van der Waals surface area contributed by atoms with Gasteiger partial charge in [0.15, 0.2) is 0 Å². The number of nitrogen functional groups attached to an aromatic ring is 1. The van der Waals surface area contributed by atoms with Gasteiger partial charge >= 0.3 is 5.97 Å². The lowest BCUT2D eigenvalue weighted by molar-refractivity contribution is -0.143. The molecule has 0 saturated carbocycles. The molecule has 1 aromatic carbocycles. The number of anilines is 1. The summed E-state index contributed by atoms with van der Waals surface area (Å²) < 4.78 is 10.0. The molecule has 6 heteroatoms. The maximum absolute atomic E-state index is 12.4. The Balaban J connectivity index is 2.93. The van der Waals surface area contributed by atoms with E-state index in [1.165, 1.54) is 12.0 Å². The molecule has 0 unspecified atom stereocenters. The summed E-state index contributed by atoms with van der Waals surface area (Å²) >= 11 is 0. The van der Waals surface area contributed by atoms with Crippen molar-refractivity contribution in [3.05, 3.63) is 23.8 Å². The Morgan fingerprint density at radius 2 is 2.00 bits per heavy atom. The van der Waals surface area contributed by atoms with Crippen LogP contribution < -0.4 is 10.5 Å². The van der Waals surface area contributed by atoms with E-state index < -0.39 is 5.97 Å². The molecular formula is C14H20N2O4. The molecule has 0 spiro atoms. The van der Waals surface area contributed by atoms with Gasteiger partial charge in [-0.25, -0.2) is 0 Å². The zero-order valence-electron chi connectivity index (χ0n) is 12.0. The molecule has 1 rings (SSSR count). The maximum Gasteiger partial charge on any atom is 0.325 e. The molecule has 0 bridgehead atoms. The van der Waals surface area contributed by atoms with Crippen molar-refractivity contribution in [2.45, 2.75) is 13.8 Å². The SMILES string of the molecule is CCOC(=O)CN(CC)C(=O)c1ccc(N)cc1OC. The van der Waals surface area contributed by atoms with Crippen LogP contribution in [0.25, 0.3) is 0 Å². The van der Waals surface area contributed by atoms with Crippen molar-refractivity contribution in [3.63, 3.8) is 0 Å². The molecule has 0 fully saturated rings. The summed E-state index contributed by atoms with van der Waals surface area (Å²) in [5.74, 6) is -0.341. The minimum absolute atomic E-state index is 0.0866. The molecule has 0 radical (unpaired) electrons. The van der Waals surface area contributed by atoms with Crippen molar-refractivity contribution in [1.29, 1.82) is 0 Å². The first-order valence-corrected chi connectivity index (χ1v) is 6.41. The summed E-state index contributed by atoms with van der Waals surface area (Å²) in [5.41, 5.74) is 6.53. The number of carbonyl (C=O) groups is 2. The van der Waals surface area contributed by atoms with E-state index >= 15 is 0 Å². The molecule has 0 aliphatic rings. The Bertz CT molecular complexity index is 488. The van der Waals surface area contributed by atoms with Crippen molar-refractivity contribution in [2.24, 2.45) is 0 Å². The normalized spacial score (nSPS) is 9.95. The lowest BCUT2D eigenvalue weighted by atomic mass is 10.1. The standard InChI is InChI=1S/C14H20N2O4/c1-4-16(9-13(17)20-5-2)14(18)11-7-6-10(15)8-12(11)19-3/h6-8H,4-5,9,15H2,1-3H3. The second-order valence-electron chi connectivity index (χ2n) is 4.08. The van der Waals surface area contributed by atoms with Gasteiger partial charge in [-0.15, -0.1) is 0 Å². The van der Waals surface area contributed by atoms with Gasteiger partial charge in [0.1, 0.15) is 12.3 Å². The molecule has 1 amide bonds. The smallest absolute Gasteiger partial charge is 0.325 e. The molecule has 0 aromatic heterocycles. The van der Waals surface area contributed by atoms with Crippen LogP contribution in [0.3, 0.4) is 0 Å². The highest BCUT2D eigenvalue weighted by molar-refractivity contribution is 5.98. The summed E-state index contributed by atoms with van der Waals surface area (Å²) in [6.07, 6.45) is 0. The average molecular weight is 280 g/mol. The van der Waals surface area contributed by atoms with E-state index in [0.29, 0.717) is 23.5 Å². The van der Waals surface area contributed by atoms with Gasteiger partial charge in [0.25, 0.3) is 5.91 Å². The Labute approximate surface area is 118 Å². The number of benzene rings is 1. The second kappa shape index (κ2) is 7.37. The van der Waals surface area contributed by atoms with Crippen molar-refractivity contribution in [2.75, 3.05) is 32.5 Å². The largest absolute Gasteiger partial charge is 0.496 e. The molecule has 0 aliphatic carbocycles. The van der Waals surface area contributed by atoms with Crippen LogP contribution in [0.1, 0.15) is 24.2 Å². The second-order valence-corrected chi connectivity index (χ2v) is 4.08. The van der Waals surface area contributed by atoms with Crippen LogP contribution in [-0.4, -0.2) is 43.6 Å². The summed E-state index contributed by atoms with van der Waals surface area (Å²) in [6.45, 7) is 4.11. The fraction of sp³-hybridized carbons (Fsp3) is 0.429. The van der Waals surface area contributed by atoms with E-state index in [1.807, 2.05) is 0 Å². The number of amides is 1. The van der Waals surface area contributed by atoms with Crippen molar-refractivity contribution >= 4 is 17.6 Å². The zero-order valence-corrected chi connectivity index (χ0v) is 12.0. The van der Waals surface area contributed by atoms with Gasteiger partial charge in [0.2, 0.25) is 0 Å². The molecular weight excluding hydrogens is 260 g/mol. The van der Waals surface area contributed by atoms with Crippen molar-refractivity contribution in [3.8, 4) is 5.75 Å². The van der Waals surface area contributed by atoms with Gasteiger partial charge in [-0.05, 0) is 26.0 Å². The molecule has 20 heavy (non-hydrogen) atoms. The lowest BCUT2D eigenvalue weighted by Gasteiger charge is -2.21. The molecule has 0 aliphatic heterocycles. The number of hydrogen-bond acceptors (Lipinski definition) is 5. The van der Waals surface area contributed by atoms with Crippen LogP contribution in [0.15, 0.2) is 18.2 Å². The number of nitrogens with zero attached hydrogens (tertiary/aromatic N) is 1. The highest BCUT2D eigenvalue weighted by atomic mass is 16.5. The Morgan fingerprint density at radius 3 is 2.55 bits per heavy atom. The minimum Gasteiger partial charge on any atom is -0.496 e. The fourth-order valence-electron chi connectivity index (χ4n) is 1.74.